The number of halogens is 1. The van der Waals surface area contributed by atoms with Crippen LogP contribution in [0.25, 0.3) is 0 Å². The Balaban J connectivity index is 2.09. The van der Waals surface area contributed by atoms with Crippen LogP contribution in [-0.2, 0) is 4.79 Å². The topological polar surface area (TPSA) is 29.1 Å². The predicted octanol–water partition coefficient (Wildman–Crippen LogP) is 2.72. The molecule has 1 N–H and O–H groups in total. The van der Waals surface area contributed by atoms with Gasteiger partial charge < -0.3 is 5.32 Å². The van der Waals surface area contributed by atoms with Crippen LogP contribution in [0.2, 0.25) is 5.02 Å². The largest absolute Gasteiger partial charge is 0.355 e. The molecule has 1 aliphatic rings. The first-order valence-electron chi connectivity index (χ1n) is 5.28. The van der Waals surface area contributed by atoms with Crippen LogP contribution >= 0.6 is 11.6 Å². The van der Waals surface area contributed by atoms with Crippen molar-refractivity contribution in [1.82, 2.24) is 5.32 Å². The van der Waals surface area contributed by atoms with Gasteiger partial charge in [0.15, 0.2) is 0 Å². The standard InChI is InChI=1S/C12H14ClNO/c13-11-6-4-9(5-7-11)10-2-1-3-12(15)14-8-10/h4-7,10H,1-3,8H2,(H,14,15)/t10-/m1/s1. The fraction of sp³-hybridized carbons (Fsp3) is 0.417. The Labute approximate surface area is 94.6 Å². The average molecular weight is 224 g/mol. The lowest BCUT2D eigenvalue weighted by molar-refractivity contribution is -0.120. The van der Waals surface area contributed by atoms with Crippen molar-refractivity contribution < 1.29 is 4.79 Å². The molecule has 1 amide bonds. The monoisotopic (exact) mass is 223 g/mol. The number of carbonyl (C=O) groups excluding carboxylic acids is 1. The Morgan fingerprint density at radius 1 is 1.27 bits per heavy atom. The summed E-state index contributed by atoms with van der Waals surface area (Å²) in [6.07, 6.45) is 2.70. The van der Waals surface area contributed by atoms with Crippen LogP contribution in [0.4, 0.5) is 0 Å². The van der Waals surface area contributed by atoms with Gasteiger partial charge in [0.1, 0.15) is 0 Å². The van der Waals surface area contributed by atoms with E-state index in [-0.39, 0.29) is 5.91 Å². The first-order valence-corrected chi connectivity index (χ1v) is 5.65. The maximum atomic E-state index is 11.2. The number of hydrogen-bond donors (Lipinski definition) is 1. The smallest absolute Gasteiger partial charge is 0.220 e. The van der Waals surface area contributed by atoms with Crippen molar-refractivity contribution in [3.63, 3.8) is 0 Å². The normalized spacial score (nSPS) is 21.9. The van der Waals surface area contributed by atoms with Gasteiger partial charge in [0.25, 0.3) is 0 Å². The molecule has 1 fully saturated rings. The van der Waals surface area contributed by atoms with Gasteiger partial charge in [-0.15, -0.1) is 0 Å². The van der Waals surface area contributed by atoms with Gasteiger partial charge in [-0.3, -0.25) is 4.79 Å². The molecular formula is C12H14ClNO. The molecule has 1 aromatic rings. The maximum absolute atomic E-state index is 11.2. The second kappa shape index (κ2) is 4.67. The first kappa shape index (κ1) is 10.5. The average Bonchev–Trinajstić information content (AvgIpc) is 2.44. The SMILES string of the molecule is O=C1CCC[C@@H](c2ccc(Cl)cc2)CN1. The summed E-state index contributed by atoms with van der Waals surface area (Å²) in [6, 6.07) is 7.90. The van der Waals surface area contributed by atoms with E-state index in [1.54, 1.807) is 0 Å². The summed E-state index contributed by atoms with van der Waals surface area (Å²) in [7, 11) is 0. The van der Waals surface area contributed by atoms with Crippen molar-refractivity contribution in [3.05, 3.63) is 34.9 Å². The molecule has 0 radical (unpaired) electrons. The molecule has 0 unspecified atom stereocenters. The van der Waals surface area contributed by atoms with Crippen LogP contribution in [0, 0.1) is 0 Å². The second-order valence-electron chi connectivity index (χ2n) is 3.94. The molecule has 1 aromatic carbocycles. The van der Waals surface area contributed by atoms with Crippen LogP contribution in [0.15, 0.2) is 24.3 Å². The molecule has 15 heavy (non-hydrogen) atoms. The lowest BCUT2D eigenvalue weighted by Gasteiger charge is -2.14. The Morgan fingerprint density at radius 3 is 2.73 bits per heavy atom. The Hall–Kier alpha value is -1.02. The molecular weight excluding hydrogens is 210 g/mol. The summed E-state index contributed by atoms with van der Waals surface area (Å²) in [5.74, 6) is 0.611. The quantitative estimate of drug-likeness (QED) is 0.780. The van der Waals surface area contributed by atoms with Gasteiger partial charge in [-0.1, -0.05) is 23.7 Å². The molecule has 2 nitrogen and oxygen atoms in total. The summed E-state index contributed by atoms with van der Waals surface area (Å²) < 4.78 is 0. The van der Waals surface area contributed by atoms with Gasteiger partial charge in [0.05, 0.1) is 0 Å². The van der Waals surface area contributed by atoms with E-state index < -0.39 is 0 Å². The number of nitrogens with one attached hydrogen (secondary N) is 1. The molecule has 0 aliphatic carbocycles. The summed E-state index contributed by atoms with van der Waals surface area (Å²) in [6.45, 7) is 0.750. The van der Waals surface area contributed by atoms with Crippen LogP contribution in [0.3, 0.4) is 0 Å². The van der Waals surface area contributed by atoms with E-state index >= 15 is 0 Å². The van der Waals surface area contributed by atoms with E-state index in [9.17, 15) is 4.79 Å². The molecule has 1 atom stereocenters. The van der Waals surface area contributed by atoms with Crippen molar-refractivity contribution in [2.75, 3.05) is 6.54 Å². The fourth-order valence-electron chi connectivity index (χ4n) is 1.96. The molecule has 0 aromatic heterocycles. The van der Waals surface area contributed by atoms with Crippen molar-refractivity contribution >= 4 is 17.5 Å². The van der Waals surface area contributed by atoms with E-state index in [2.05, 4.69) is 5.32 Å². The maximum Gasteiger partial charge on any atom is 0.220 e. The third-order valence-electron chi connectivity index (χ3n) is 2.84. The zero-order chi connectivity index (χ0) is 10.7. The Morgan fingerprint density at radius 2 is 2.00 bits per heavy atom. The van der Waals surface area contributed by atoms with Gasteiger partial charge in [0, 0.05) is 23.9 Å². The van der Waals surface area contributed by atoms with Crippen LogP contribution in [0.5, 0.6) is 0 Å². The van der Waals surface area contributed by atoms with E-state index in [4.69, 9.17) is 11.6 Å². The zero-order valence-corrected chi connectivity index (χ0v) is 9.26. The van der Waals surface area contributed by atoms with E-state index in [1.165, 1.54) is 5.56 Å². The molecule has 1 aliphatic heterocycles. The highest BCUT2D eigenvalue weighted by Gasteiger charge is 2.16. The minimum absolute atomic E-state index is 0.173. The Kier molecular flexibility index (Phi) is 3.27. The van der Waals surface area contributed by atoms with Crippen LogP contribution < -0.4 is 5.32 Å². The molecule has 80 valence electrons. The minimum Gasteiger partial charge on any atom is -0.355 e. The molecule has 0 spiro atoms. The number of benzene rings is 1. The lowest BCUT2D eigenvalue weighted by atomic mass is 9.95. The number of rotatable bonds is 1. The number of amides is 1. The molecule has 3 heteroatoms. The minimum atomic E-state index is 0.173. The predicted molar refractivity (Wildman–Crippen MR) is 61.1 cm³/mol. The van der Waals surface area contributed by atoms with Gasteiger partial charge in [0.2, 0.25) is 5.91 Å². The van der Waals surface area contributed by atoms with Gasteiger partial charge in [-0.2, -0.15) is 0 Å². The highest BCUT2D eigenvalue weighted by Crippen LogP contribution is 2.24. The summed E-state index contributed by atoms with van der Waals surface area (Å²) in [5.41, 5.74) is 1.27. The van der Waals surface area contributed by atoms with E-state index in [0.717, 1.165) is 24.4 Å². The van der Waals surface area contributed by atoms with Gasteiger partial charge in [-0.25, -0.2) is 0 Å². The van der Waals surface area contributed by atoms with Crippen molar-refractivity contribution in [2.24, 2.45) is 0 Å². The third-order valence-corrected chi connectivity index (χ3v) is 3.10. The highest BCUT2D eigenvalue weighted by atomic mass is 35.5. The number of hydrogen-bond acceptors (Lipinski definition) is 1. The number of carbonyl (C=O) groups is 1. The van der Waals surface area contributed by atoms with Crippen molar-refractivity contribution in [3.8, 4) is 0 Å². The van der Waals surface area contributed by atoms with E-state index in [1.807, 2.05) is 24.3 Å². The fourth-order valence-corrected chi connectivity index (χ4v) is 2.08. The van der Waals surface area contributed by atoms with E-state index in [0.29, 0.717) is 12.3 Å². The van der Waals surface area contributed by atoms with Gasteiger partial charge in [-0.05, 0) is 30.5 Å². The van der Waals surface area contributed by atoms with Crippen molar-refractivity contribution in [1.29, 1.82) is 0 Å². The molecule has 2 rings (SSSR count). The summed E-state index contributed by atoms with van der Waals surface area (Å²) in [5, 5.41) is 3.70. The zero-order valence-electron chi connectivity index (χ0n) is 8.50. The second-order valence-corrected chi connectivity index (χ2v) is 4.38. The molecule has 1 heterocycles. The molecule has 1 saturated heterocycles. The third kappa shape index (κ3) is 2.72. The van der Waals surface area contributed by atoms with Crippen molar-refractivity contribution in [2.45, 2.75) is 25.2 Å². The molecule has 0 saturated carbocycles. The first-order chi connectivity index (χ1) is 7.25. The Bertz CT molecular complexity index is 347. The lowest BCUT2D eigenvalue weighted by Crippen LogP contribution is -2.24. The highest BCUT2D eigenvalue weighted by molar-refractivity contribution is 6.30. The van der Waals surface area contributed by atoms with Gasteiger partial charge >= 0.3 is 0 Å². The summed E-state index contributed by atoms with van der Waals surface area (Å²) >= 11 is 5.84. The molecule has 0 bridgehead atoms. The summed E-state index contributed by atoms with van der Waals surface area (Å²) in [4.78, 5) is 11.2. The van der Waals surface area contributed by atoms with Crippen LogP contribution in [0.1, 0.15) is 30.7 Å². The van der Waals surface area contributed by atoms with Crippen LogP contribution in [-0.4, -0.2) is 12.5 Å².